The molecule has 0 heterocycles. The molecule has 0 aromatic heterocycles. The fourth-order valence-electron chi connectivity index (χ4n) is 3.11. The molecular weight excluding hydrogens is 371 g/mol. The molecule has 0 N–H and O–H groups in total. The largest absolute Gasteiger partial charge is 0.427 e. The minimum atomic E-state index is -0.347. The molecule has 3 aromatic rings. The van der Waals surface area contributed by atoms with E-state index in [1.807, 2.05) is 42.5 Å². The van der Waals surface area contributed by atoms with Gasteiger partial charge in [-0.2, -0.15) is 0 Å². The van der Waals surface area contributed by atoms with E-state index >= 15 is 0 Å². The quantitative estimate of drug-likeness (QED) is 0.282. The summed E-state index contributed by atoms with van der Waals surface area (Å²) in [5.74, 6) is 0.312. The zero-order chi connectivity index (χ0) is 20.1. The standard InChI is InChI=1S/C23H21O4P/c1-15(24)26-19-11-7-17(8-12-19)23(21-5-3-4-6-22(21)28)18-9-13-20(14-10-18)27-16(2)25/h3-14,23H,28H2,1-2H3. The highest BCUT2D eigenvalue weighted by molar-refractivity contribution is 7.27. The van der Waals surface area contributed by atoms with E-state index in [1.54, 1.807) is 24.3 Å². The summed E-state index contributed by atoms with van der Waals surface area (Å²) in [5.41, 5.74) is 3.27. The van der Waals surface area contributed by atoms with Gasteiger partial charge in [0.15, 0.2) is 0 Å². The SMILES string of the molecule is CC(=O)Oc1ccc(C(c2ccc(OC(C)=O)cc2)c2ccccc2P)cc1. The lowest BCUT2D eigenvalue weighted by Crippen LogP contribution is -2.11. The Balaban J connectivity index is 2.02. The van der Waals surface area contributed by atoms with Gasteiger partial charge >= 0.3 is 11.9 Å². The Kier molecular flexibility index (Phi) is 6.23. The van der Waals surface area contributed by atoms with Crippen LogP contribution < -0.4 is 14.8 Å². The van der Waals surface area contributed by atoms with Crippen molar-refractivity contribution in [2.24, 2.45) is 0 Å². The highest BCUT2D eigenvalue weighted by Crippen LogP contribution is 2.33. The Morgan fingerprint density at radius 2 is 1.14 bits per heavy atom. The Labute approximate surface area is 166 Å². The minimum Gasteiger partial charge on any atom is -0.427 e. The topological polar surface area (TPSA) is 52.6 Å². The van der Waals surface area contributed by atoms with Crippen molar-refractivity contribution in [1.29, 1.82) is 0 Å². The average Bonchev–Trinajstić information content (AvgIpc) is 2.65. The number of hydrogen-bond acceptors (Lipinski definition) is 4. The third-order valence-electron chi connectivity index (χ3n) is 4.26. The molecule has 0 fully saturated rings. The van der Waals surface area contributed by atoms with Crippen LogP contribution in [0.15, 0.2) is 72.8 Å². The first-order valence-electron chi connectivity index (χ1n) is 8.85. The number of rotatable bonds is 5. The highest BCUT2D eigenvalue weighted by Gasteiger charge is 2.19. The fourth-order valence-corrected chi connectivity index (χ4v) is 3.49. The third-order valence-corrected chi connectivity index (χ3v) is 4.78. The minimum absolute atomic E-state index is 0.0218. The predicted molar refractivity (Wildman–Crippen MR) is 112 cm³/mol. The Hall–Kier alpha value is -2.97. The predicted octanol–water partition coefficient (Wildman–Crippen LogP) is 4.22. The molecule has 3 rings (SSSR count). The molecule has 3 aromatic carbocycles. The van der Waals surface area contributed by atoms with Crippen molar-refractivity contribution in [1.82, 2.24) is 0 Å². The lowest BCUT2D eigenvalue weighted by molar-refractivity contribution is -0.132. The van der Waals surface area contributed by atoms with E-state index in [2.05, 4.69) is 15.3 Å². The molecule has 28 heavy (non-hydrogen) atoms. The second-order valence-electron chi connectivity index (χ2n) is 6.39. The van der Waals surface area contributed by atoms with Crippen LogP contribution in [-0.4, -0.2) is 11.9 Å². The van der Waals surface area contributed by atoms with Crippen molar-refractivity contribution in [2.45, 2.75) is 19.8 Å². The number of carbonyl (C=O) groups excluding carboxylic acids is 2. The molecule has 142 valence electrons. The monoisotopic (exact) mass is 392 g/mol. The van der Waals surface area contributed by atoms with Gasteiger partial charge in [0, 0.05) is 19.8 Å². The van der Waals surface area contributed by atoms with Gasteiger partial charge in [0.2, 0.25) is 0 Å². The molecule has 0 bridgehead atoms. The maximum absolute atomic E-state index is 11.2. The van der Waals surface area contributed by atoms with Crippen molar-refractivity contribution < 1.29 is 19.1 Å². The van der Waals surface area contributed by atoms with Crippen molar-refractivity contribution in [2.75, 3.05) is 0 Å². The molecule has 4 nitrogen and oxygen atoms in total. The van der Waals surface area contributed by atoms with Gasteiger partial charge in [0.25, 0.3) is 0 Å². The van der Waals surface area contributed by atoms with Crippen LogP contribution in [0.2, 0.25) is 0 Å². The summed E-state index contributed by atoms with van der Waals surface area (Å²) < 4.78 is 10.3. The van der Waals surface area contributed by atoms with Crippen LogP contribution in [0, 0.1) is 0 Å². The van der Waals surface area contributed by atoms with E-state index in [0.717, 1.165) is 22.0 Å². The zero-order valence-electron chi connectivity index (χ0n) is 15.7. The van der Waals surface area contributed by atoms with Gasteiger partial charge in [-0.25, -0.2) is 0 Å². The zero-order valence-corrected chi connectivity index (χ0v) is 16.9. The second-order valence-corrected chi connectivity index (χ2v) is 7.01. The molecule has 0 amide bonds. The summed E-state index contributed by atoms with van der Waals surface area (Å²) >= 11 is 0. The van der Waals surface area contributed by atoms with Crippen molar-refractivity contribution in [3.63, 3.8) is 0 Å². The molecule has 0 radical (unpaired) electrons. The van der Waals surface area contributed by atoms with Crippen molar-refractivity contribution in [3.05, 3.63) is 89.5 Å². The van der Waals surface area contributed by atoms with Gasteiger partial charge in [-0.1, -0.05) is 48.5 Å². The van der Waals surface area contributed by atoms with Crippen LogP contribution in [0.5, 0.6) is 11.5 Å². The number of ether oxygens (including phenoxy) is 2. The van der Waals surface area contributed by atoms with Crippen molar-refractivity contribution in [3.8, 4) is 11.5 Å². The van der Waals surface area contributed by atoms with Crippen LogP contribution in [-0.2, 0) is 9.59 Å². The lowest BCUT2D eigenvalue weighted by atomic mass is 9.85. The van der Waals surface area contributed by atoms with E-state index in [9.17, 15) is 9.59 Å². The normalized spacial score (nSPS) is 10.6. The van der Waals surface area contributed by atoms with E-state index in [0.29, 0.717) is 11.5 Å². The van der Waals surface area contributed by atoms with Crippen LogP contribution in [0.1, 0.15) is 36.5 Å². The molecule has 1 unspecified atom stereocenters. The van der Waals surface area contributed by atoms with Crippen LogP contribution >= 0.6 is 9.24 Å². The maximum Gasteiger partial charge on any atom is 0.308 e. The number of esters is 2. The van der Waals surface area contributed by atoms with Crippen molar-refractivity contribution >= 4 is 26.5 Å². The maximum atomic E-state index is 11.2. The number of hydrogen-bond donors (Lipinski definition) is 0. The van der Waals surface area contributed by atoms with E-state index < -0.39 is 0 Å². The lowest BCUT2D eigenvalue weighted by Gasteiger charge is -2.21. The van der Waals surface area contributed by atoms with Gasteiger partial charge < -0.3 is 9.47 Å². The molecule has 0 aliphatic heterocycles. The van der Waals surface area contributed by atoms with Crippen LogP contribution in [0.4, 0.5) is 0 Å². The summed E-state index contributed by atoms with van der Waals surface area (Å²) in [6, 6.07) is 23.2. The van der Waals surface area contributed by atoms with Gasteiger partial charge in [0.1, 0.15) is 11.5 Å². The first-order chi connectivity index (χ1) is 13.4. The molecule has 0 saturated heterocycles. The summed E-state index contributed by atoms with van der Waals surface area (Å²) in [4.78, 5) is 22.3. The summed E-state index contributed by atoms with van der Waals surface area (Å²) in [5, 5.41) is 1.10. The molecule has 1 atom stereocenters. The third kappa shape index (κ3) is 4.85. The summed E-state index contributed by atoms with van der Waals surface area (Å²) in [6.45, 7) is 2.76. The first kappa shape index (κ1) is 19.8. The van der Waals surface area contributed by atoms with E-state index in [-0.39, 0.29) is 17.9 Å². The molecule has 0 spiro atoms. The van der Waals surface area contributed by atoms with Gasteiger partial charge in [-0.05, 0) is 46.3 Å². The van der Waals surface area contributed by atoms with Crippen LogP contribution in [0.3, 0.4) is 0 Å². The summed E-state index contributed by atoms with van der Waals surface area (Å²) in [6.07, 6.45) is 0. The molecule has 0 aliphatic carbocycles. The smallest absolute Gasteiger partial charge is 0.308 e. The molecular formula is C23H21O4P. The molecule has 0 saturated carbocycles. The Morgan fingerprint density at radius 3 is 1.54 bits per heavy atom. The fraction of sp³-hybridized carbons (Fsp3) is 0.130. The highest BCUT2D eigenvalue weighted by atomic mass is 31.0. The average molecular weight is 392 g/mol. The number of carbonyl (C=O) groups is 2. The van der Waals surface area contributed by atoms with E-state index in [1.165, 1.54) is 13.8 Å². The first-order valence-corrected chi connectivity index (χ1v) is 9.43. The second kappa shape index (κ2) is 8.81. The van der Waals surface area contributed by atoms with Gasteiger partial charge in [0.05, 0.1) is 0 Å². The van der Waals surface area contributed by atoms with E-state index in [4.69, 9.17) is 9.47 Å². The Bertz CT molecular complexity index is 919. The van der Waals surface area contributed by atoms with Gasteiger partial charge in [-0.3, -0.25) is 9.59 Å². The Morgan fingerprint density at radius 1 is 0.714 bits per heavy atom. The molecule has 5 heteroatoms. The van der Waals surface area contributed by atoms with Gasteiger partial charge in [-0.15, -0.1) is 9.24 Å². The molecule has 0 aliphatic rings. The van der Waals surface area contributed by atoms with Crippen LogP contribution in [0.25, 0.3) is 0 Å². The summed E-state index contributed by atoms with van der Waals surface area (Å²) in [7, 11) is 2.78. The number of benzene rings is 3.